The number of ether oxygens (including phenoxy) is 1. The van der Waals surface area contributed by atoms with Crippen LogP contribution in [0.25, 0.3) is 0 Å². The smallest absolute Gasteiger partial charge is 0.251 e. The van der Waals surface area contributed by atoms with E-state index < -0.39 is 5.82 Å². The van der Waals surface area contributed by atoms with Crippen LogP contribution in [0.2, 0.25) is 0 Å². The Hall–Kier alpha value is -1.46. The van der Waals surface area contributed by atoms with Crippen LogP contribution in [0.4, 0.5) is 4.39 Å². The maximum absolute atomic E-state index is 13.8. The van der Waals surface area contributed by atoms with Gasteiger partial charge in [-0.2, -0.15) is 0 Å². The molecular formula is C13H12BrFN2O. The van der Waals surface area contributed by atoms with Gasteiger partial charge in [-0.3, -0.25) is 0 Å². The molecule has 0 saturated heterocycles. The second-order valence-corrected chi connectivity index (χ2v) is 4.62. The highest BCUT2D eigenvalue weighted by atomic mass is 79.9. The Balaban J connectivity index is 2.08. The van der Waals surface area contributed by atoms with Gasteiger partial charge in [0.15, 0.2) is 5.82 Å². The van der Waals surface area contributed by atoms with Gasteiger partial charge in [-0.25, -0.2) is 9.37 Å². The molecule has 2 aromatic rings. The van der Waals surface area contributed by atoms with Crippen molar-refractivity contribution in [3.05, 3.63) is 57.9 Å². The van der Waals surface area contributed by atoms with E-state index in [-0.39, 0.29) is 19.0 Å². The molecule has 5 heteroatoms. The van der Waals surface area contributed by atoms with Crippen molar-refractivity contribution < 1.29 is 9.13 Å². The molecule has 0 saturated carbocycles. The molecule has 0 atom stereocenters. The number of benzene rings is 1. The summed E-state index contributed by atoms with van der Waals surface area (Å²) in [6, 6.07) is 9.14. The fourth-order valence-corrected chi connectivity index (χ4v) is 1.72. The van der Waals surface area contributed by atoms with Crippen LogP contribution in [0.1, 0.15) is 11.1 Å². The highest BCUT2D eigenvalue weighted by Crippen LogP contribution is 2.18. The summed E-state index contributed by atoms with van der Waals surface area (Å²) in [7, 11) is 0. The number of aromatic nitrogens is 1. The van der Waals surface area contributed by atoms with Crippen molar-refractivity contribution in [2.24, 2.45) is 5.73 Å². The third-order valence-corrected chi connectivity index (χ3v) is 2.97. The first-order valence-electron chi connectivity index (χ1n) is 5.41. The summed E-state index contributed by atoms with van der Waals surface area (Å²) in [5, 5.41) is 0. The molecule has 0 aliphatic rings. The normalized spacial score (nSPS) is 10.4. The molecular weight excluding hydrogens is 299 g/mol. The largest absolute Gasteiger partial charge is 0.471 e. The quantitative estimate of drug-likeness (QED) is 0.944. The summed E-state index contributed by atoms with van der Waals surface area (Å²) in [6.45, 7) is 0.397. The Labute approximate surface area is 113 Å². The van der Waals surface area contributed by atoms with Crippen LogP contribution in [0, 0.1) is 5.82 Å². The van der Waals surface area contributed by atoms with Gasteiger partial charge >= 0.3 is 0 Å². The van der Waals surface area contributed by atoms with E-state index in [1.165, 1.54) is 6.20 Å². The van der Waals surface area contributed by atoms with Gasteiger partial charge in [-0.15, -0.1) is 0 Å². The van der Waals surface area contributed by atoms with Gasteiger partial charge in [0.2, 0.25) is 0 Å². The predicted octanol–water partition coefficient (Wildman–Crippen LogP) is 3.02. The third kappa shape index (κ3) is 3.05. The van der Waals surface area contributed by atoms with Gasteiger partial charge in [0.05, 0.1) is 0 Å². The number of nitrogens with zero attached hydrogens (tertiary/aromatic N) is 1. The molecule has 0 fully saturated rings. The lowest BCUT2D eigenvalue weighted by Gasteiger charge is -2.08. The minimum absolute atomic E-state index is 0.0131. The standard InChI is InChI=1S/C13H12BrFN2O/c14-11-3-1-9(2-4-11)8-18-13-12(15)10(7-16)5-6-17-13/h1-6H,7-8,16H2. The zero-order valence-electron chi connectivity index (χ0n) is 9.57. The maximum atomic E-state index is 13.8. The molecule has 0 amide bonds. The number of halogens is 2. The van der Waals surface area contributed by atoms with Gasteiger partial charge in [0.1, 0.15) is 6.61 Å². The Bertz CT molecular complexity index is 531. The minimum atomic E-state index is -0.489. The van der Waals surface area contributed by atoms with Crippen molar-refractivity contribution in [1.82, 2.24) is 4.98 Å². The number of rotatable bonds is 4. The number of pyridine rings is 1. The first-order valence-corrected chi connectivity index (χ1v) is 6.20. The van der Waals surface area contributed by atoms with Crippen LogP contribution in [0.3, 0.4) is 0 Å². The highest BCUT2D eigenvalue weighted by molar-refractivity contribution is 9.10. The average Bonchev–Trinajstić information content (AvgIpc) is 2.39. The molecule has 0 spiro atoms. The second-order valence-electron chi connectivity index (χ2n) is 3.71. The predicted molar refractivity (Wildman–Crippen MR) is 70.6 cm³/mol. The molecule has 0 unspecified atom stereocenters. The first kappa shape index (κ1) is 13.0. The fourth-order valence-electron chi connectivity index (χ4n) is 1.45. The lowest BCUT2D eigenvalue weighted by atomic mass is 10.2. The van der Waals surface area contributed by atoms with Crippen molar-refractivity contribution in [2.45, 2.75) is 13.2 Å². The Morgan fingerprint density at radius 2 is 1.94 bits per heavy atom. The van der Waals surface area contributed by atoms with Crippen LogP contribution < -0.4 is 10.5 Å². The van der Waals surface area contributed by atoms with Gasteiger partial charge in [0, 0.05) is 22.8 Å². The van der Waals surface area contributed by atoms with E-state index in [9.17, 15) is 4.39 Å². The zero-order valence-corrected chi connectivity index (χ0v) is 11.2. The summed E-state index contributed by atoms with van der Waals surface area (Å²) in [6.07, 6.45) is 1.49. The van der Waals surface area contributed by atoms with E-state index in [2.05, 4.69) is 20.9 Å². The zero-order chi connectivity index (χ0) is 13.0. The number of hydrogen-bond acceptors (Lipinski definition) is 3. The first-order chi connectivity index (χ1) is 8.70. The lowest BCUT2D eigenvalue weighted by molar-refractivity contribution is 0.276. The van der Waals surface area contributed by atoms with Crippen molar-refractivity contribution in [3.63, 3.8) is 0 Å². The Morgan fingerprint density at radius 1 is 1.22 bits per heavy atom. The molecule has 0 aliphatic heterocycles. The van der Waals surface area contributed by atoms with Crippen molar-refractivity contribution in [1.29, 1.82) is 0 Å². The maximum Gasteiger partial charge on any atom is 0.251 e. The third-order valence-electron chi connectivity index (χ3n) is 2.45. The van der Waals surface area contributed by atoms with Crippen LogP contribution in [-0.4, -0.2) is 4.98 Å². The van der Waals surface area contributed by atoms with E-state index in [1.54, 1.807) is 6.07 Å². The molecule has 1 aromatic heterocycles. The molecule has 2 N–H and O–H groups in total. The number of nitrogens with two attached hydrogens (primary N) is 1. The van der Waals surface area contributed by atoms with Crippen molar-refractivity contribution >= 4 is 15.9 Å². The molecule has 2 rings (SSSR count). The van der Waals surface area contributed by atoms with E-state index in [1.807, 2.05) is 24.3 Å². The van der Waals surface area contributed by atoms with Gasteiger partial charge < -0.3 is 10.5 Å². The van der Waals surface area contributed by atoms with Crippen LogP contribution in [-0.2, 0) is 13.2 Å². The highest BCUT2D eigenvalue weighted by Gasteiger charge is 2.09. The van der Waals surface area contributed by atoms with Gasteiger partial charge in [0.25, 0.3) is 5.88 Å². The molecule has 3 nitrogen and oxygen atoms in total. The van der Waals surface area contributed by atoms with Crippen molar-refractivity contribution in [3.8, 4) is 5.88 Å². The summed E-state index contributed by atoms with van der Waals surface area (Å²) in [5.74, 6) is -0.502. The molecule has 1 heterocycles. The van der Waals surface area contributed by atoms with E-state index >= 15 is 0 Å². The Morgan fingerprint density at radius 3 is 2.61 bits per heavy atom. The summed E-state index contributed by atoms with van der Waals surface area (Å²) < 4.78 is 20.1. The topological polar surface area (TPSA) is 48.1 Å². The molecule has 0 aliphatic carbocycles. The molecule has 1 aromatic carbocycles. The molecule has 0 bridgehead atoms. The van der Waals surface area contributed by atoms with Gasteiger partial charge in [-0.1, -0.05) is 28.1 Å². The number of hydrogen-bond donors (Lipinski definition) is 1. The molecule has 18 heavy (non-hydrogen) atoms. The van der Waals surface area contributed by atoms with Crippen LogP contribution >= 0.6 is 15.9 Å². The van der Waals surface area contributed by atoms with Crippen LogP contribution in [0.5, 0.6) is 5.88 Å². The fraction of sp³-hybridized carbons (Fsp3) is 0.154. The summed E-state index contributed by atoms with van der Waals surface area (Å²) in [5.41, 5.74) is 6.76. The van der Waals surface area contributed by atoms with Crippen LogP contribution in [0.15, 0.2) is 41.0 Å². The van der Waals surface area contributed by atoms with E-state index in [0.29, 0.717) is 5.56 Å². The lowest BCUT2D eigenvalue weighted by Crippen LogP contribution is -2.05. The second kappa shape index (κ2) is 5.93. The summed E-state index contributed by atoms with van der Waals surface area (Å²) >= 11 is 3.34. The Kier molecular flexibility index (Phi) is 4.28. The monoisotopic (exact) mass is 310 g/mol. The summed E-state index contributed by atoms with van der Waals surface area (Å²) in [4.78, 5) is 3.86. The van der Waals surface area contributed by atoms with Crippen molar-refractivity contribution in [2.75, 3.05) is 0 Å². The van der Waals surface area contributed by atoms with E-state index in [0.717, 1.165) is 10.0 Å². The minimum Gasteiger partial charge on any atom is -0.471 e. The van der Waals surface area contributed by atoms with Gasteiger partial charge in [-0.05, 0) is 23.8 Å². The average molecular weight is 311 g/mol. The SMILES string of the molecule is NCc1ccnc(OCc2ccc(Br)cc2)c1F. The molecule has 0 radical (unpaired) electrons. The molecule has 94 valence electrons. The van der Waals surface area contributed by atoms with E-state index in [4.69, 9.17) is 10.5 Å².